The minimum Gasteiger partial charge on any atom is -0.496 e. The van der Waals surface area contributed by atoms with Gasteiger partial charge in [-0.05, 0) is 12.1 Å². The Bertz CT molecular complexity index is 866. The summed E-state index contributed by atoms with van der Waals surface area (Å²) >= 11 is 0. The molecule has 3 rings (SSSR count). The minimum absolute atomic E-state index is 0.320. The molecule has 0 aliphatic rings. The third kappa shape index (κ3) is 3.19. The predicted octanol–water partition coefficient (Wildman–Crippen LogP) is 3.36. The van der Waals surface area contributed by atoms with Gasteiger partial charge in [-0.2, -0.15) is 5.10 Å². The van der Waals surface area contributed by atoms with E-state index in [1.165, 1.54) is 14.2 Å². The van der Waals surface area contributed by atoms with Gasteiger partial charge in [0.05, 0.1) is 31.8 Å². The molecule has 0 atom stereocenters. The summed E-state index contributed by atoms with van der Waals surface area (Å²) in [6.07, 6.45) is 1.63. The van der Waals surface area contributed by atoms with Crippen LogP contribution in [0.4, 0.5) is 5.69 Å². The average Bonchev–Trinajstić information content (AvgIpc) is 3.01. The second-order valence-electron chi connectivity index (χ2n) is 5.39. The third-order valence-corrected chi connectivity index (χ3v) is 3.89. The molecule has 6 heteroatoms. The molecule has 0 spiro atoms. The Balaban J connectivity index is 1.99. The summed E-state index contributed by atoms with van der Waals surface area (Å²) < 4.78 is 12.3. The Kier molecular flexibility index (Phi) is 4.70. The Hall–Kier alpha value is -3.28. The molecule has 2 aromatic carbocycles. The van der Waals surface area contributed by atoms with Crippen LogP contribution in [0.2, 0.25) is 0 Å². The van der Waals surface area contributed by atoms with Crippen molar-refractivity contribution in [3.05, 3.63) is 60.3 Å². The number of nitrogens with zero attached hydrogens (tertiary/aromatic N) is 2. The molecular weight excluding hydrogens is 318 g/mol. The Morgan fingerprint density at radius 3 is 2.24 bits per heavy atom. The van der Waals surface area contributed by atoms with Gasteiger partial charge in [-0.3, -0.25) is 9.48 Å². The topological polar surface area (TPSA) is 65.4 Å². The van der Waals surface area contributed by atoms with E-state index in [1.807, 2.05) is 37.4 Å². The highest BCUT2D eigenvalue weighted by atomic mass is 16.5. The lowest BCUT2D eigenvalue weighted by molar-refractivity contribution is 0.102. The number of carbonyl (C=O) groups excluding carboxylic acids is 1. The number of amides is 1. The molecule has 0 aliphatic heterocycles. The molecule has 0 bridgehead atoms. The van der Waals surface area contributed by atoms with Crippen LogP contribution in [-0.2, 0) is 7.05 Å². The van der Waals surface area contributed by atoms with Gasteiger partial charge in [-0.1, -0.05) is 36.4 Å². The fourth-order valence-corrected chi connectivity index (χ4v) is 2.73. The highest BCUT2D eigenvalue weighted by Gasteiger charge is 2.21. The normalized spacial score (nSPS) is 10.4. The van der Waals surface area contributed by atoms with E-state index in [0.29, 0.717) is 22.7 Å². The van der Waals surface area contributed by atoms with Crippen LogP contribution in [0.1, 0.15) is 10.4 Å². The molecule has 128 valence electrons. The van der Waals surface area contributed by atoms with Gasteiger partial charge in [0, 0.05) is 12.6 Å². The summed E-state index contributed by atoms with van der Waals surface area (Å²) in [5, 5.41) is 7.18. The van der Waals surface area contributed by atoms with Crippen molar-refractivity contribution in [3.8, 4) is 22.8 Å². The molecule has 1 N–H and O–H groups in total. The summed E-state index contributed by atoms with van der Waals surface area (Å²) in [7, 11) is 4.87. The number of ether oxygens (including phenoxy) is 2. The Labute approximate surface area is 146 Å². The number of benzene rings is 2. The highest BCUT2D eigenvalue weighted by Crippen LogP contribution is 2.31. The lowest BCUT2D eigenvalue weighted by Gasteiger charge is -2.13. The van der Waals surface area contributed by atoms with Gasteiger partial charge < -0.3 is 14.8 Å². The van der Waals surface area contributed by atoms with Crippen molar-refractivity contribution in [1.29, 1.82) is 0 Å². The molecule has 1 aromatic heterocycles. The van der Waals surface area contributed by atoms with Crippen molar-refractivity contribution >= 4 is 11.6 Å². The van der Waals surface area contributed by atoms with Crippen LogP contribution in [0.5, 0.6) is 11.5 Å². The summed E-state index contributed by atoms with van der Waals surface area (Å²) in [6.45, 7) is 0. The zero-order chi connectivity index (χ0) is 17.8. The number of anilines is 1. The minimum atomic E-state index is -0.320. The van der Waals surface area contributed by atoms with Crippen LogP contribution in [0, 0.1) is 0 Å². The zero-order valence-corrected chi connectivity index (χ0v) is 14.3. The van der Waals surface area contributed by atoms with Gasteiger partial charge in [0.15, 0.2) is 0 Å². The van der Waals surface area contributed by atoms with Crippen molar-refractivity contribution in [2.24, 2.45) is 7.05 Å². The largest absolute Gasteiger partial charge is 0.496 e. The maximum atomic E-state index is 12.9. The Morgan fingerprint density at radius 1 is 1.00 bits per heavy atom. The SMILES string of the molecule is COc1cccc(OC)c1C(=O)Nc1cnn(C)c1-c1ccccc1. The number of carbonyl (C=O) groups is 1. The first-order valence-corrected chi connectivity index (χ1v) is 7.75. The molecule has 0 fully saturated rings. The summed E-state index contributed by atoms with van der Waals surface area (Å²) in [6, 6.07) is 15.0. The molecule has 1 heterocycles. The summed E-state index contributed by atoms with van der Waals surface area (Å²) in [4.78, 5) is 12.9. The Morgan fingerprint density at radius 2 is 1.64 bits per heavy atom. The maximum Gasteiger partial charge on any atom is 0.263 e. The van der Waals surface area contributed by atoms with E-state index < -0.39 is 0 Å². The van der Waals surface area contributed by atoms with Crippen LogP contribution >= 0.6 is 0 Å². The van der Waals surface area contributed by atoms with E-state index in [0.717, 1.165) is 11.3 Å². The molecule has 3 aromatic rings. The van der Waals surface area contributed by atoms with Crippen LogP contribution in [0.15, 0.2) is 54.7 Å². The fourth-order valence-electron chi connectivity index (χ4n) is 2.73. The number of nitrogens with one attached hydrogen (secondary N) is 1. The molecule has 0 saturated heterocycles. The molecule has 0 unspecified atom stereocenters. The number of hydrogen-bond acceptors (Lipinski definition) is 4. The van der Waals surface area contributed by atoms with Crippen molar-refractivity contribution < 1.29 is 14.3 Å². The van der Waals surface area contributed by atoms with Gasteiger partial charge in [-0.25, -0.2) is 0 Å². The van der Waals surface area contributed by atoms with Crippen molar-refractivity contribution in [3.63, 3.8) is 0 Å². The smallest absolute Gasteiger partial charge is 0.263 e. The number of hydrogen-bond donors (Lipinski definition) is 1. The average molecular weight is 337 g/mol. The maximum absolute atomic E-state index is 12.9. The number of rotatable bonds is 5. The van der Waals surface area contributed by atoms with Crippen LogP contribution in [0.3, 0.4) is 0 Å². The van der Waals surface area contributed by atoms with Crippen LogP contribution in [-0.4, -0.2) is 29.9 Å². The molecule has 0 aliphatic carbocycles. The molecule has 1 amide bonds. The quantitative estimate of drug-likeness (QED) is 0.775. The van der Waals surface area contributed by atoms with Crippen molar-refractivity contribution in [1.82, 2.24) is 9.78 Å². The molecule has 6 nitrogen and oxygen atoms in total. The summed E-state index contributed by atoms with van der Waals surface area (Å²) in [5.74, 6) is 0.573. The standard InChI is InChI=1S/C19H19N3O3/c1-22-18(13-8-5-4-6-9-13)14(12-20-22)21-19(23)17-15(24-2)10-7-11-16(17)25-3/h4-12H,1-3H3,(H,21,23). The van der Waals surface area contributed by atoms with Gasteiger partial charge in [0.25, 0.3) is 5.91 Å². The van der Waals surface area contributed by atoms with E-state index in [9.17, 15) is 4.79 Å². The van der Waals surface area contributed by atoms with Crippen molar-refractivity contribution in [2.75, 3.05) is 19.5 Å². The number of methoxy groups -OCH3 is 2. The van der Waals surface area contributed by atoms with Gasteiger partial charge in [-0.15, -0.1) is 0 Å². The lowest BCUT2D eigenvalue weighted by atomic mass is 10.1. The molecule has 25 heavy (non-hydrogen) atoms. The molecule has 0 radical (unpaired) electrons. The second-order valence-corrected chi connectivity index (χ2v) is 5.39. The third-order valence-electron chi connectivity index (χ3n) is 3.89. The first-order chi connectivity index (χ1) is 12.2. The monoisotopic (exact) mass is 337 g/mol. The first kappa shape index (κ1) is 16.6. The van der Waals surface area contributed by atoms with E-state index >= 15 is 0 Å². The van der Waals surface area contributed by atoms with Gasteiger partial charge in [0.2, 0.25) is 0 Å². The lowest BCUT2D eigenvalue weighted by Crippen LogP contribution is -2.15. The fraction of sp³-hybridized carbons (Fsp3) is 0.158. The van der Waals surface area contributed by atoms with Crippen molar-refractivity contribution in [2.45, 2.75) is 0 Å². The highest BCUT2D eigenvalue weighted by molar-refractivity contribution is 6.09. The summed E-state index contributed by atoms with van der Waals surface area (Å²) in [5.41, 5.74) is 2.75. The van der Waals surface area contributed by atoms with E-state index in [4.69, 9.17) is 9.47 Å². The number of aromatic nitrogens is 2. The van der Waals surface area contributed by atoms with Crippen LogP contribution in [0.25, 0.3) is 11.3 Å². The van der Waals surface area contributed by atoms with E-state index in [1.54, 1.807) is 29.1 Å². The van der Waals surface area contributed by atoms with Crippen LogP contribution < -0.4 is 14.8 Å². The van der Waals surface area contributed by atoms with Gasteiger partial charge in [0.1, 0.15) is 17.1 Å². The molecule has 0 saturated carbocycles. The first-order valence-electron chi connectivity index (χ1n) is 7.75. The zero-order valence-electron chi connectivity index (χ0n) is 14.3. The second kappa shape index (κ2) is 7.09. The molecular formula is C19H19N3O3. The predicted molar refractivity (Wildman–Crippen MR) is 96.1 cm³/mol. The number of aryl methyl sites for hydroxylation is 1. The van der Waals surface area contributed by atoms with Gasteiger partial charge >= 0.3 is 0 Å². The van der Waals surface area contributed by atoms with E-state index in [2.05, 4.69) is 10.4 Å². The van der Waals surface area contributed by atoms with E-state index in [-0.39, 0.29) is 5.91 Å².